The van der Waals surface area contributed by atoms with Crippen LogP contribution in [0, 0.1) is 24.4 Å². The normalized spacial score (nSPS) is 12.4. The number of carbonyl (C=O) groups excluding carboxylic acids is 1. The third-order valence-corrected chi connectivity index (χ3v) is 6.14. The van der Waals surface area contributed by atoms with Crippen LogP contribution >= 0.6 is 0 Å². The average molecular weight is 498 g/mol. The Balaban J connectivity index is 1.83. The van der Waals surface area contributed by atoms with Crippen LogP contribution in [0.3, 0.4) is 0 Å². The van der Waals surface area contributed by atoms with Crippen molar-refractivity contribution in [3.63, 3.8) is 0 Å². The Bertz CT molecular complexity index is 1360. The standard InChI is InChI=1S/C20H21F3N6O4S/c1-10-17(29(4)34(5,31)32)7-6-16(24-10)18-19(28(3)27-26-18)25-20(30)33-11(2)12-8-14(22)15(23)9-13(12)21/h6-9,11H,1-5H3,(H,25,30)/t11-/m1/s1. The minimum Gasteiger partial charge on any atom is -0.441 e. The van der Waals surface area contributed by atoms with E-state index in [1.54, 1.807) is 6.92 Å². The molecule has 0 bridgehead atoms. The van der Waals surface area contributed by atoms with E-state index in [9.17, 15) is 26.4 Å². The van der Waals surface area contributed by atoms with Crippen molar-refractivity contribution in [2.24, 2.45) is 7.05 Å². The van der Waals surface area contributed by atoms with E-state index in [0.717, 1.165) is 10.6 Å². The van der Waals surface area contributed by atoms with Crippen molar-refractivity contribution in [3.05, 3.63) is 53.0 Å². The first-order valence-corrected chi connectivity index (χ1v) is 11.6. The van der Waals surface area contributed by atoms with Gasteiger partial charge in [-0.3, -0.25) is 9.62 Å². The monoisotopic (exact) mass is 498 g/mol. The fourth-order valence-corrected chi connectivity index (χ4v) is 3.62. The number of aromatic nitrogens is 4. The van der Waals surface area contributed by atoms with E-state index in [4.69, 9.17) is 4.74 Å². The summed E-state index contributed by atoms with van der Waals surface area (Å²) in [6, 6.07) is 4.01. The number of nitrogens with one attached hydrogen (secondary N) is 1. The van der Waals surface area contributed by atoms with Crippen molar-refractivity contribution in [2.45, 2.75) is 20.0 Å². The van der Waals surface area contributed by atoms with E-state index in [1.165, 1.54) is 37.8 Å². The third kappa shape index (κ3) is 5.11. The lowest BCUT2D eigenvalue weighted by molar-refractivity contribution is 0.118. The quantitative estimate of drug-likeness (QED) is 0.518. The molecule has 0 saturated carbocycles. The summed E-state index contributed by atoms with van der Waals surface area (Å²) < 4.78 is 71.6. The number of benzene rings is 1. The molecule has 3 aromatic rings. The topological polar surface area (TPSA) is 119 Å². The van der Waals surface area contributed by atoms with Gasteiger partial charge in [-0.2, -0.15) is 0 Å². The Labute approximate surface area is 193 Å². The van der Waals surface area contributed by atoms with E-state index >= 15 is 0 Å². The van der Waals surface area contributed by atoms with Gasteiger partial charge >= 0.3 is 6.09 Å². The molecule has 34 heavy (non-hydrogen) atoms. The average Bonchev–Trinajstić information content (AvgIpc) is 3.09. The SMILES string of the molecule is Cc1nc(-c2nnn(C)c2NC(=O)O[C@H](C)c2cc(F)c(F)cc2F)ccc1N(C)S(C)(=O)=O. The van der Waals surface area contributed by atoms with Crippen molar-refractivity contribution in [1.29, 1.82) is 0 Å². The molecule has 0 radical (unpaired) electrons. The molecule has 0 spiro atoms. The lowest BCUT2D eigenvalue weighted by atomic mass is 10.1. The number of carbonyl (C=O) groups is 1. The van der Waals surface area contributed by atoms with Gasteiger partial charge in [-0.05, 0) is 32.0 Å². The first kappa shape index (κ1) is 25.0. The van der Waals surface area contributed by atoms with E-state index in [2.05, 4.69) is 20.6 Å². The number of halogens is 3. The molecule has 1 amide bonds. The van der Waals surface area contributed by atoms with Crippen LogP contribution in [0.4, 0.5) is 29.5 Å². The number of hydrogen-bond donors (Lipinski definition) is 1. The molecule has 10 nitrogen and oxygen atoms in total. The lowest BCUT2D eigenvalue weighted by Crippen LogP contribution is -2.25. The first-order valence-electron chi connectivity index (χ1n) is 9.73. The van der Waals surface area contributed by atoms with Crippen molar-refractivity contribution >= 4 is 27.6 Å². The van der Waals surface area contributed by atoms with Gasteiger partial charge in [0, 0.05) is 25.7 Å². The molecule has 1 atom stereocenters. The number of rotatable bonds is 6. The summed E-state index contributed by atoms with van der Waals surface area (Å²) in [5, 5.41) is 10.2. The second kappa shape index (κ2) is 9.29. The Morgan fingerprint density at radius 2 is 1.82 bits per heavy atom. The Hall–Kier alpha value is -3.68. The molecule has 1 aromatic carbocycles. The van der Waals surface area contributed by atoms with Gasteiger partial charge in [0.25, 0.3) is 0 Å². The van der Waals surface area contributed by atoms with Crippen LogP contribution in [0.15, 0.2) is 24.3 Å². The molecule has 2 heterocycles. The van der Waals surface area contributed by atoms with Crippen LogP contribution in [0.2, 0.25) is 0 Å². The van der Waals surface area contributed by atoms with Gasteiger partial charge in [0.15, 0.2) is 23.1 Å². The Morgan fingerprint density at radius 1 is 1.18 bits per heavy atom. The molecule has 2 aromatic heterocycles. The van der Waals surface area contributed by atoms with Crippen LogP contribution in [-0.4, -0.2) is 47.8 Å². The number of pyridine rings is 1. The number of hydrogen-bond acceptors (Lipinski definition) is 7. The van der Waals surface area contributed by atoms with Gasteiger partial charge in [-0.1, -0.05) is 5.21 Å². The van der Waals surface area contributed by atoms with Gasteiger partial charge in [-0.15, -0.1) is 5.10 Å². The van der Waals surface area contributed by atoms with Gasteiger partial charge in [-0.25, -0.2) is 36.0 Å². The zero-order valence-electron chi connectivity index (χ0n) is 18.8. The zero-order valence-corrected chi connectivity index (χ0v) is 19.6. The summed E-state index contributed by atoms with van der Waals surface area (Å²) >= 11 is 0. The Kier molecular flexibility index (Phi) is 6.82. The lowest BCUT2D eigenvalue weighted by Gasteiger charge is -2.18. The molecular weight excluding hydrogens is 477 g/mol. The molecule has 182 valence electrons. The van der Waals surface area contributed by atoms with Gasteiger partial charge < -0.3 is 4.74 Å². The number of ether oxygens (including phenoxy) is 1. The summed E-state index contributed by atoms with van der Waals surface area (Å²) in [5.41, 5.74) is 0.827. The third-order valence-electron chi connectivity index (χ3n) is 4.95. The smallest absolute Gasteiger partial charge is 0.413 e. The number of aryl methyl sites for hydroxylation is 2. The highest BCUT2D eigenvalue weighted by molar-refractivity contribution is 7.92. The molecule has 1 N–H and O–H groups in total. The van der Waals surface area contributed by atoms with Crippen molar-refractivity contribution in [2.75, 3.05) is 22.9 Å². The number of sulfonamides is 1. The summed E-state index contributed by atoms with van der Waals surface area (Å²) in [6.07, 6.45) is -1.22. The zero-order chi connectivity index (χ0) is 25.4. The van der Waals surface area contributed by atoms with Crippen molar-refractivity contribution in [1.82, 2.24) is 20.0 Å². The van der Waals surface area contributed by atoms with Crippen LogP contribution in [0.5, 0.6) is 0 Å². The molecule has 0 unspecified atom stereocenters. The minimum absolute atomic E-state index is 0.0825. The predicted octanol–water partition coefficient (Wildman–Crippen LogP) is 3.31. The minimum atomic E-state index is -3.50. The first-order chi connectivity index (χ1) is 15.8. The van der Waals surface area contributed by atoms with Crippen LogP contribution in [0.1, 0.15) is 24.3 Å². The second-order valence-corrected chi connectivity index (χ2v) is 9.42. The maximum atomic E-state index is 14.0. The maximum Gasteiger partial charge on any atom is 0.413 e. The molecule has 0 aliphatic heterocycles. The summed E-state index contributed by atoms with van der Waals surface area (Å²) in [6.45, 7) is 2.90. The van der Waals surface area contributed by atoms with Crippen LogP contribution in [-0.2, 0) is 21.8 Å². The second-order valence-electron chi connectivity index (χ2n) is 7.40. The molecule has 0 aliphatic carbocycles. The van der Waals surface area contributed by atoms with Crippen molar-refractivity contribution < 1.29 is 31.1 Å². The summed E-state index contributed by atoms with van der Waals surface area (Å²) in [5.74, 6) is -3.63. The maximum absolute atomic E-state index is 14.0. The fourth-order valence-electron chi connectivity index (χ4n) is 3.07. The van der Waals surface area contributed by atoms with E-state index in [1.807, 2.05) is 0 Å². The van der Waals surface area contributed by atoms with E-state index in [-0.39, 0.29) is 22.8 Å². The molecule has 0 fully saturated rings. The molecular formula is C20H21F3N6O4S. The molecule has 0 saturated heterocycles. The van der Waals surface area contributed by atoms with Crippen LogP contribution in [0.25, 0.3) is 11.4 Å². The number of anilines is 2. The predicted molar refractivity (Wildman–Crippen MR) is 117 cm³/mol. The fraction of sp³-hybridized carbons (Fsp3) is 0.300. The van der Waals surface area contributed by atoms with E-state index in [0.29, 0.717) is 23.5 Å². The highest BCUT2D eigenvalue weighted by Crippen LogP contribution is 2.29. The highest BCUT2D eigenvalue weighted by Gasteiger charge is 2.23. The summed E-state index contributed by atoms with van der Waals surface area (Å²) in [4.78, 5) is 16.8. The molecule has 3 rings (SSSR count). The van der Waals surface area contributed by atoms with Crippen molar-refractivity contribution in [3.8, 4) is 11.4 Å². The van der Waals surface area contributed by atoms with Gasteiger partial charge in [0.2, 0.25) is 10.0 Å². The molecule has 0 aliphatic rings. The van der Waals surface area contributed by atoms with E-state index < -0.39 is 39.7 Å². The molecule has 14 heteroatoms. The van der Waals surface area contributed by atoms with Gasteiger partial charge in [0.05, 0.1) is 23.3 Å². The van der Waals surface area contributed by atoms with Crippen LogP contribution < -0.4 is 9.62 Å². The van der Waals surface area contributed by atoms with Gasteiger partial charge in [0.1, 0.15) is 11.9 Å². The largest absolute Gasteiger partial charge is 0.441 e. The Morgan fingerprint density at radius 3 is 2.44 bits per heavy atom. The number of nitrogens with zero attached hydrogens (tertiary/aromatic N) is 5. The number of amides is 1. The highest BCUT2D eigenvalue weighted by atomic mass is 32.2. The summed E-state index contributed by atoms with van der Waals surface area (Å²) in [7, 11) is -0.622.